The van der Waals surface area contributed by atoms with E-state index in [1.807, 2.05) is 0 Å². The molecule has 2 atom stereocenters. The highest BCUT2D eigenvalue weighted by molar-refractivity contribution is 9.11. The SMILES string of the molecule is CCC(N)C(OCC1CCOCC1)c1ccc(Br)s1. The molecule has 1 aliphatic rings. The zero-order valence-electron chi connectivity index (χ0n) is 11.3. The quantitative estimate of drug-likeness (QED) is 0.852. The average molecular weight is 348 g/mol. The van der Waals surface area contributed by atoms with E-state index in [1.54, 1.807) is 11.3 Å². The first-order chi connectivity index (χ1) is 9.20. The van der Waals surface area contributed by atoms with Crippen molar-refractivity contribution in [2.24, 2.45) is 11.7 Å². The topological polar surface area (TPSA) is 44.5 Å². The molecule has 0 aromatic carbocycles. The molecule has 2 N–H and O–H groups in total. The lowest BCUT2D eigenvalue weighted by atomic mass is 10.0. The van der Waals surface area contributed by atoms with E-state index in [-0.39, 0.29) is 12.1 Å². The first kappa shape index (κ1) is 15.4. The van der Waals surface area contributed by atoms with Crippen LogP contribution < -0.4 is 5.73 Å². The Balaban J connectivity index is 1.93. The molecule has 1 aromatic rings. The number of hydrogen-bond donors (Lipinski definition) is 1. The summed E-state index contributed by atoms with van der Waals surface area (Å²) in [6, 6.07) is 4.23. The Bertz CT molecular complexity index is 379. The van der Waals surface area contributed by atoms with Gasteiger partial charge >= 0.3 is 0 Å². The minimum atomic E-state index is 0.0177. The molecule has 19 heavy (non-hydrogen) atoms. The van der Waals surface area contributed by atoms with Gasteiger partial charge in [0.2, 0.25) is 0 Å². The van der Waals surface area contributed by atoms with Crippen LogP contribution in [0.1, 0.15) is 37.2 Å². The highest BCUT2D eigenvalue weighted by Crippen LogP contribution is 2.32. The van der Waals surface area contributed by atoms with Gasteiger partial charge in [0.05, 0.1) is 10.4 Å². The fourth-order valence-corrected chi connectivity index (χ4v) is 3.81. The summed E-state index contributed by atoms with van der Waals surface area (Å²) in [6.07, 6.45) is 3.14. The Morgan fingerprint density at radius 2 is 2.21 bits per heavy atom. The van der Waals surface area contributed by atoms with Crippen LogP contribution in [0.5, 0.6) is 0 Å². The number of rotatable bonds is 6. The van der Waals surface area contributed by atoms with Crippen LogP contribution in [0.25, 0.3) is 0 Å². The first-order valence-corrected chi connectivity index (χ1v) is 8.51. The summed E-state index contributed by atoms with van der Waals surface area (Å²) in [5.41, 5.74) is 6.22. The summed E-state index contributed by atoms with van der Waals surface area (Å²) in [5, 5.41) is 0. The summed E-state index contributed by atoms with van der Waals surface area (Å²) in [6.45, 7) is 4.63. The third-order valence-corrected chi connectivity index (χ3v) is 5.27. The summed E-state index contributed by atoms with van der Waals surface area (Å²) in [5.74, 6) is 0.615. The van der Waals surface area contributed by atoms with Crippen LogP contribution in [0, 0.1) is 5.92 Å². The second kappa shape index (κ2) is 7.74. The molecule has 108 valence electrons. The van der Waals surface area contributed by atoms with Crippen LogP contribution in [-0.4, -0.2) is 25.9 Å². The number of halogens is 1. The minimum absolute atomic E-state index is 0.0177. The van der Waals surface area contributed by atoms with Gasteiger partial charge in [-0.15, -0.1) is 11.3 Å². The average Bonchev–Trinajstić information content (AvgIpc) is 2.86. The van der Waals surface area contributed by atoms with E-state index in [1.165, 1.54) is 4.88 Å². The molecule has 0 radical (unpaired) electrons. The van der Waals surface area contributed by atoms with Crippen molar-refractivity contribution in [3.63, 3.8) is 0 Å². The molecule has 1 aromatic heterocycles. The number of nitrogens with two attached hydrogens (primary N) is 1. The Morgan fingerprint density at radius 1 is 1.47 bits per heavy atom. The molecule has 2 unspecified atom stereocenters. The van der Waals surface area contributed by atoms with Crippen molar-refractivity contribution in [3.05, 3.63) is 20.8 Å². The third-order valence-electron chi connectivity index (χ3n) is 3.59. The van der Waals surface area contributed by atoms with Crippen molar-refractivity contribution in [2.75, 3.05) is 19.8 Å². The van der Waals surface area contributed by atoms with E-state index in [0.29, 0.717) is 5.92 Å². The third kappa shape index (κ3) is 4.53. The second-order valence-electron chi connectivity index (χ2n) is 5.02. The molecule has 5 heteroatoms. The molecular formula is C14H22BrNO2S. The molecule has 1 aliphatic heterocycles. The van der Waals surface area contributed by atoms with E-state index in [4.69, 9.17) is 15.2 Å². The van der Waals surface area contributed by atoms with Crippen molar-refractivity contribution in [2.45, 2.75) is 38.3 Å². The number of ether oxygens (including phenoxy) is 2. The molecule has 0 aliphatic carbocycles. The van der Waals surface area contributed by atoms with Gasteiger partial charge in [0.1, 0.15) is 6.10 Å². The van der Waals surface area contributed by atoms with Gasteiger partial charge in [-0.3, -0.25) is 0 Å². The lowest BCUT2D eigenvalue weighted by Gasteiger charge is -2.27. The van der Waals surface area contributed by atoms with Crippen LogP contribution in [0.4, 0.5) is 0 Å². The molecule has 1 saturated heterocycles. The van der Waals surface area contributed by atoms with Crippen LogP contribution >= 0.6 is 27.3 Å². The van der Waals surface area contributed by atoms with Crippen LogP contribution in [0.3, 0.4) is 0 Å². The molecule has 1 fully saturated rings. The summed E-state index contributed by atoms with van der Waals surface area (Å²) in [4.78, 5) is 1.22. The van der Waals surface area contributed by atoms with Gasteiger partial charge < -0.3 is 15.2 Å². The highest BCUT2D eigenvalue weighted by atomic mass is 79.9. The second-order valence-corrected chi connectivity index (χ2v) is 7.52. The van der Waals surface area contributed by atoms with Gasteiger partial charge in [-0.1, -0.05) is 6.92 Å². The summed E-state index contributed by atoms with van der Waals surface area (Å²) in [7, 11) is 0. The van der Waals surface area contributed by atoms with Gasteiger partial charge in [-0.05, 0) is 53.2 Å². The molecule has 2 rings (SSSR count). The largest absolute Gasteiger partial charge is 0.381 e. The van der Waals surface area contributed by atoms with Crippen LogP contribution in [-0.2, 0) is 9.47 Å². The lowest BCUT2D eigenvalue weighted by Crippen LogP contribution is -2.31. The smallest absolute Gasteiger partial charge is 0.107 e. The Morgan fingerprint density at radius 3 is 2.79 bits per heavy atom. The van der Waals surface area contributed by atoms with E-state index in [9.17, 15) is 0 Å². The van der Waals surface area contributed by atoms with Gasteiger partial charge in [0.25, 0.3) is 0 Å². The molecule has 0 amide bonds. The van der Waals surface area contributed by atoms with Crippen molar-refractivity contribution in [1.82, 2.24) is 0 Å². The Kier molecular flexibility index (Phi) is 6.29. The van der Waals surface area contributed by atoms with Crippen molar-refractivity contribution in [3.8, 4) is 0 Å². The molecule has 0 bridgehead atoms. The molecular weight excluding hydrogens is 326 g/mol. The monoisotopic (exact) mass is 347 g/mol. The standard InChI is InChI=1S/C14H22BrNO2S/c1-2-11(16)14(12-3-4-13(15)19-12)18-9-10-5-7-17-8-6-10/h3-4,10-11,14H,2,5-9,16H2,1H3. The molecule has 2 heterocycles. The fraction of sp³-hybridized carbons (Fsp3) is 0.714. The van der Waals surface area contributed by atoms with Gasteiger partial charge in [-0.2, -0.15) is 0 Å². The predicted octanol–water partition coefficient (Wildman–Crippen LogP) is 3.73. The Labute approximate surface area is 127 Å². The van der Waals surface area contributed by atoms with E-state index < -0.39 is 0 Å². The van der Waals surface area contributed by atoms with Crippen molar-refractivity contribution >= 4 is 27.3 Å². The summed E-state index contributed by atoms with van der Waals surface area (Å²) >= 11 is 5.22. The van der Waals surface area contributed by atoms with E-state index in [0.717, 1.165) is 42.9 Å². The lowest BCUT2D eigenvalue weighted by molar-refractivity contribution is -0.0198. The minimum Gasteiger partial charge on any atom is -0.381 e. The van der Waals surface area contributed by atoms with Crippen LogP contribution in [0.15, 0.2) is 15.9 Å². The maximum atomic E-state index is 6.22. The normalized spacial score (nSPS) is 20.4. The Hall–Kier alpha value is 0.0600. The van der Waals surface area contributed by atoms with E-state index in [2.05, 4.69) is 35.0 Å². The van der Waals surface area contributed by atoms with Crippen LogP contribution in [0.2, 0.25) is 0 Å². The molecule has 0 spiro atoms. The molecule has 0 saturated carbocycles. The zero-order valence-corrected chi connectivity index (χ0v) is 13.7. The van der Waals surface area contributed by atoms with Gasteiger partial charge in [-0.25, -0.2) is 0 Å². The zero-order chi connectivity index (χ0) is 13.7. The fourth-order valence-electron chi connectivity index (χ4n) is 2.26. The first-order valence-electron chi connectivity index (χ1n) is 6.91. The maximum absolute atomic E-state index is 6.22. The van der Waals surface area contributed by atoms with Crippen molar-refractivity contribution < 1.29 is 9.47 Å². The van der Waals surface area contributed by atoms with Gasteiger partial charge in [0.15, 0.2) is 0 Å². The maximum Gasteiger partial charge on any atom is 0.107 e. The predicted molar refractivity (Wildman–Crippen MR) is 82.5 cm³/mol. The summed E-state index contributed by atoms with van der Waals surface area (Å²) < 4.78 is 12.7. The highest BCUT2D eigenvalue weighted by Gasteiger charge is 2.23. The molecule has 3 nitrogen and oxygen atoms in total. The van der Waals surface area contributed by atoms with Gasteiger partial charge in [0, 0.05) is 24.1 Å². The number of thiophene rings is 1. The van der Waals surface area contributed by atoms with Crippen molar-refractivity contribution in [1.29, 1.82) is 0 Å². The number of hydrogen-bond acceptors (Lipinski definition) is 4. The van der Waals surface area contributed by atoms with E-state index >= 15 is 0 Å².